The van der Waals surface area contributed by atoms with E-state index in [9.17, 15) is 0 Å². The fraction of sp³-hybridized carbons (Fsp3) is 0.417. The number of allylic oxidation sites excluding steroid dienone is 1. The van der Waals surface area contributed by atoms with E-state index in [1.165, 1.54) is 18.4 Å². The second-order valence-corrected chi connectivity index (χ2v) is 3.47. The molecule has 1 nitrogen and oxygen atoms in total. The summed E-state index contributed by atoms with van der Waals surface area (Å²) >= 11 is 0. The lowest BCUT2D eigenvalue weighted by molar-refractivity contribution is 0.607. The third-order valence-electron chi connectivity index (χ3n) is 2.25. The molecule has 0 fully saturated rings. The summed E-state index contributed by atoms with van der Waals surface area (Å²) in [7, 11) is 0. The quantitative estimate of drug-likeness (QED) is 0.626. The summed E-state index contributed by atoms with van der Waals surface area (Å²) in [5, 5.41) is 0. The molecule has 0 amide bonds. The predicted molar refractivity (Wildman–Crippen MR) is 56.5 cm³/mol. The molecule has 0 saturated heterocycles. The van der Waals surface area contributed by atoms with Crippen LogP contribution in [0.2, 0.25) is 0 Å². The second-order valence-electron chi connectivity index (χ2n) is 3.47. The third-order valence-corrected chi connectivity index (χ3v) is 2.25. The fourth-order valence-corrected chi connectivity index (χ4v) is 1.29. The zero-order chi connectivity index (χ0) is 9.52. The number of hydrogen-bond acceptors (Lipinski definition) is 1. The number of aryl methyl sites for hydroxylation is 1. The highest BCUT2D eigenvalue weighted by molar-refractivity contribution is 5.08. The van der Waals surface area contributed by atoms with Gasteiger partial charge in [-0.2, -0.15) is 0 Å². The molecular weight excluding hydrogens is 158 g/mol. The van der Waals surface area contributed by atoms with Crippen LogP contribution in [0.3, 0.4) is 0 Å². The lowest BCUT2D eigenvalue weighted by atomic mass is 10.0. The van der Waals surface area contributed by atoms with Crippen molar-refractivity contribution in [2.75, 3.05) is 0 Å². The van der Waals surface area contributed by atoms with Gasteiger partial charge in [0, 0.05) is 12.4 Å². The molecule has 1 unspecified atom stereocenters. The third kappa shape index (κ3) is 3.88. The summed E-state index contributed by atoms with van der Waals surface area (Å²) in [6.45, 7) is 5.98. The maximum Gasteiger partial charge on any atom is 0.0299 e. The van der Waals surface area contributed by atoms with Crippen molar-refractivity contribution in [2.45, 2.75) is 26.2 Å². The van der Waals surface area contributed by atoms with E-state index in [0.717, 1.165) is 6.42 Å². The van der Waals surface area contributed by atoms with E-state index in [0.29, 0.717) is 5.92 Å². The van der Waals surface area contributed by atoms with Gasteiger partial charge in [0.05, 0.1) is 0 Å². The predicted octanol–water partition coefficient (Wildman–Crippen LogP) is 3.23. The van der Waals surface area contributed by atoms with Gasteiger partial charge in [-0.25, -0.2) is 0 Å². The minimum atomic E-state index is 0.636. The van der Waals surface area contributed by atoms with Gasteiger partial charge >= 0.3 is 0 Å². The van der Waals surface area contributed by atoms with E-state index in [1.807, 2.05) is 24.5 Å². The largest absolute Gasteiger partial charge is 0.264 e. The first-order chi connectivity index (χ1) is 6.33. The first kappa shape index (κ1) is 9.97. The summed E-state index contributed by atoms with van der Waals surface area (Å²) in [5.41, 5.74) is 1.33. The maximum absolute atomic E-state index is 4.08. The Morgan fingerprint density at radius 2 is 2.46 bits per heavy atom. The Morgan fingerprint density at radius 3 is 3.08 bits per heavy atom. The molecule has 1 heterocycles. The Hall–Kier alpha value is -1.11. The van der Waals surface area contributed by atoms with Crippen LogP contribution in [-0.2, 0) is 6.42 Å². The molecule has 13 heavy (non-hydrogen) atoms. The van der Waals surface area contributed by atoms with Crippen LogP contribution in [0.1, 0.15) is 25.3 Å². The van der Waals surface area contributed by atoms with Gasteiger partial charge in [0.1, 0.15) is 0 Å². The molecule has 1 aromatic rings. The zero-order valence-electron chi connectivity index (χ0n) is 8.24. The van der Waals surface area contributed by atoms with E-state index in [-0.39, 0.29) is 0 Å². The van der Waals surface area contributed by atoms with Crippen molar-refractivity contribution in [3.63, 3.8) is 0 Å². The Morgan fingerprint density at radius 1 is 1.62 bits per heavy atom. The molecule has 1 aromatic heterocycles. The van der Waals surface area contributed by atoms with Crippen LogP contribution in [0.15, 0.2) is 37.2 Å². The van der Waals surface area contributed by atoms with Crippen molar-refractivity contribution in [3.05, 3.63) is 42.7 Å². The molecule has 70 valence electrons. The normalized spacial score (nSPS) is 12.4. The fourth-order valence-electron chi connectivity index (χ4n) is 1.29. The van der Waals surface area contributed by atoms with Gasteiger partial charge in [-0.3, -0.25) is 4.98 Å². The van der Waals surface area contributed by atoms with E-state index in [4.69, 9.17) is 0 Å². The standard InChI is InChI=1S/C12H17N/c1-3-11(2)6-4-7-12-8-5-9-13-10-12/h3,5,8-11H,1,4,6-7H2,2H3. The monoisotopic (exact) mass is 175 g/mol. The summed E-state index contributed by atoms with van der Waals surface area (Å²) in [4.78, 5) is 4.08. The highest BCUT2D eigenvalue weighted by Gasteiger charge is 1.96. The van der Waals surface area contributed by atoms with E-state index >= 15 is 0 Å². The Balaban J connectivity index is 2.24. The Kier molecular flexibility index (Phi) is 4.24. The van der Waals surface area contributed by atoms with Crippen LogP contribution in [-0.4, -0.2) is 4.98 Å². The van der Waals surface area contributed by atoms with Gasteiger partial charge in [-0.05, 0) is 36.8 Å². The molecule has 0 saturated carbocycles. The number of hydrogen-bond donors (Lipinski definition) is 0. The SMILES string of the molecule is C=CC(C)CCCc1cccnc1. The van der Waals surface area contributed by atoms with Crippen molar-refractivity contribution in [3.8, 4) is 0 Å². The van der Waals surface area contributed by atoms with E-state index in [2.05, 4.69) is 24.6 Å². The minimum absolute atomic E-state index is 0.636. The maximum atomic E-state index is 4.08. The second kappa shape index (κ2) is 5.52. The van der Waals surface area contributed by atoms with Crippen LogP contribution in [0.5, 0.6) is 0 Å². The van der Waals surface area contributed by atoms with Gasteiger partial charge in [-0.15, -0.1) is 6.58 Å². The lowest BCUT2D eigenvalue weighted by Crippen LogP contribution is -1.92. The van der Waals surface area contributed by atoms with Crippen molar-refractivity contribution in [2.24, 2.45) is 5.92 Å². The molecule has 0 radical (unpaired) electrons. The van der Waals surface area contributed by atoms with Crippen molar-refractivity contribution in [1.82, 2.24) is 4.98 Å². The van der Waals surface area contributed by atoms with Gasteiger partial charge in [0.25, 0.3) is 0 Å². The van der Waals surface area contributed by atoms with Gasteiger partial charge < -0.3 is 0 Å². The first-order valence-electron chi connectivity index (χ1n) is 4.84. The lowest BCUT2D eigenvalue weighted by Gasteiger charge is -2.04. The highest BCUT2D eigenvalue weighted by Crippen LogP contribution is 2.09. The molecule has 0 aliphatic heterocycles. The molecule has 0 aliphatic carbocycles. The smallest absolute Gasteiger partial charge is 0.0299 e. The van der Waals surface area contributed by atoms with Crippen molar-refractivity contribution >= 4 is 0 Å². The van der Waals surface area contributed by atoms with Gasteiger partial charge in [0.2, 0.25) is 0 Å². The van der Waals surface area contributed by atoms with Crippen LogP contribution in [0.4, 0.5) is 0 Å². The molecule has 0 aromatic carbocycles. The van der Waals surface area contributed by atoms with Gasteiger partial charge in [0.15, 0.2) is 0 Å². The van der Waals surface area contributed by atoms with Crippen molar-refractivity contribution < 1.29 is 0 Å². The Bertz CT molecular complexity index is 241. The molecule has 1 atom stereocenters. The number of pyridine rings is 1. The van der Waals surface area contributed by atoms with Crippen LogP contribution in [0.25, 0.3) is 0 Å². The molecule has 0 N–H and O–H groups in total. The summed E-state index contributed by atoms with van der Waals surface area (Å²) in [5.74, 6) is 0.636. The summed E-state index contributed by atoms with van der Waals surface area (Å²) in [6.07, 6.45) is 9.35. The van der Waals surface area contributed by atoms with Crippen LogP contribution >= 0.6 is 0 Å². The first-order valence-corrected chi connectivity index (χ1v) is 4.84. The zero-order valence-corrected chi connectivity index (χ0v) is 8.24. The van der Waals surface area contributed by atoms with Crippen molar-refractivity contribution in [1.29, 1.82) is 0 Å². The molecule has 0 spiro atoms. The van der Waals surface area contributed by atoms with E-state index in [1.54, 1.807) is 0 Å². The molecule has 1 rings (SSSR count). The average Bonchev–Trinajstić information content (AvgIpc) is 2.19. The topological polar surface area (TPSA) is 12.9 Å². The summed E-state index contributed by atoms with van der Waals surface area (Å²) in [6, 6.07) is 4.12. The minimum Gasteiger partial charge on any atom is -0.264 e. The average molecular weight is 175 g/mol. The molecule has 0 aliphatic rings. The number of rotatable bonds is 5. The number of aromatic nitrogens is 1. The highest BCUT2D eigenvalue weighted by atomic mass is 14.6. The van der Waals surface area contributed by atoms with Crippen LogP contribution in [0, 0.1) is 5.92 Å². The molecular formula is C12H17N. The molecule has 0 bridgehead atoms. The van der Waals surface area contributed by atoms with Crippen LogP contribution < -0.4 is 0 Å². The summed E-state index contributed by atoms with van der Waals surface area (Å²) < 4.78 is 0. The number of nitrogens with zero attached hydrogens (tertiary/aromatic N) is 1. The van der Waals surface area contributed by atoms with E-state index < -0.39 is 0 Å². The van der Waals surface area contributed by atoms with Gasteiger partial charge in [-0.1, -0.05) is 19.1 Å². The Labute approximate surface area is 80.5 Å². The molecule has 1 heteroatoms.